The Labute approximate surface area is 222 Å². The van der Waals surface area contributed by atoms with Crippen molar-refractivity contribution in [2.75, 3.05) is 12.0 Å². The van der Waals surface area contributed by atoms with Crippen molar-refractivity contribution in [1.29, 1.82) is 0 Å². The fourth-order valence-electron chi connectivity index (χ4n) is 4.69. The van der Waals surface area contributed by atoms with Crippen LogP contribution in [-0.2, 0) is 6.61 Å². The summed E-state index contributed by atoms with van der Waals surface area (Å²) in [5.41, 5.74) is 2.98. The minimum absolute atomic E-state index is 0.00702. The fraction of sp³-hybridized carbons (Fsp3) is 0.172. The molecule has 1 aliphatic rings. The van der Waals surface area contributed by atoms with Crippen molar-refractivity contribution >= 4 is 33.3 Å². The third kappa shape index (κ3) is 4.01. The first kappa shape index (κ1) is 23.9. The van der Waals surface area contributed by atoms with E-state index in [1.54, 1.807) is 31.4 Å². The van der Waals surface area contributed by atoms with Crippen molar-refractivity contribution in [3.05, 3.63) is 110 Å². The molecule has 2 aromatic heterocycles. The lowest BCUT2D eigenvalue weighted by Crippen LogP contribution is -2.29. The van der Waals surface area contributed by atoms with Crippen molar-refractivity contribution in [2.24, 2.45) is 0 Å². The molecule has 0 radical (unpaired) electrons. The molecule has 0 fully saturated rings. The predicted octanol–water partition coefficient (Wildman–Crippen LogP) is 5.60. The number of rotatable bonds is 6. The average Bonchev–Trinajstić information content (AvgIpc) is 3.49. The number of fused-ring (bicyclic) bond motifs is 2. The lowest BCUT2D eigenvalue weighted by Gasteiger charge is -2.23. The Morgan fingerprint density at radius 2 is 1.79 bits per heavy atom. The first-order chi connectivity index (χ1) is 18.4. The zero-order chi connectivity index (χ0) is 26.4. The van der Waals surface area contributed by atoms with Gasteiger partial charge in [0.05, 0.1) is 24.1 Å². The molecule has 3 aromatic carbocycles. The summed E-state index contributed by atoms with van der Waals surface area (Å²) >= 11 is 1.27. The third-order valence-corrected chi connectivity index (χ3v) is 7.33. The van der Waals surface area contributed by atoms with Crippen molar-refractivity contribution < 1.29 is 18.7 Å². The van der Waals surface area contributed by atoms with E-state index in [0.29, 0.717) is 44.8 Å². The molecule has 6 rings (SSSR count). The molecule has 1 aliphatic heterocycles. The Hall–Kier alpha value is -4.50. The number of hydrogen-bond donors (Lipinski definition) is 0. The van der Waals surface area contributed by atoms with Crippen LogP contribution < -0.4 is 19.8 Å². The smallest absolute Gasteiger partial charge is 0.297 e. The standard InChI is InChI=1S/C29H23N3O5S/c1-16-9-11-21-20(13-16)26(33)24-25(32(28(34)27(24)37-21)29-31-30-17(2)38-29)19-10-12-22(23(14-19)35-3)36-15-18-7-5-4-6-8-18/h4-14,25H,15H2,1-3H3/t25-/m0/s1. The van der Waals surface area contributed by atoms with Gasteiger partial charge in [-0.25, -0.2) is 0 Å². The number of methoxy groups -OCH3 is 1. The minimum atomic E-state index is -0.775. The summed E-state index contributed by atoms with van der Waals surface area (Å²) in [6, 6.07) is 19.8. The van der Waals surface area contributed by atoms with Crippen LogP contribution in [0.5, 0.6) is 11.5 Å². The molecule has 0 saturated carbocycles. The number of hydrogen-bond acceptors (Lipinski definition) is 8. The summed E-state index contributed by atoms with van der Waals surface area (Å²) in [6.45, 7) is 4.09. The quantitative estimate of drug-likeness (QED) is 0.285. The maximum atomic E-state index is 13.8. The van der Waals surface area contributed by atoms with Gasteiger partial charge >= 0.3 is 0 Å². The molecule has 0 saturated heterocycles. The second-order valence-corrected chi connectivity index (χ2v) is 10.2. The third-order valence-electron chi connectivity index (χ3n) is 6.49. The van der Waals surface area contributed by atoms with Crippen molar-refractivity contribution in [3.63, 3.8) is 0 Å². The molecule has 1 amide bonds. The molecule has 0 aliphatic carbocycles. The van der Waals surface area contributed by atoms with Crippen molar-refractivity contribution in [2.45, 2.75) is 26.5 Å². The number of ether oxygens (including phenoxy) is 2. The number of carbonyl (C=O) groups is 1. The van der Waals surface area contributed by atoms with Crippen LogP contribution in [0.25, 0.3) is 11.0 Å². The normalized spacial score (nSPS) is 14.7. The summed E-state index contributed by atoms with van der Waals surface area (Å²) in [6.07, 6.45) is 0. The van der Waals surface area contributed by atoms with E-state index in [1.807, 2.05) is 56.3 Å². The molecule has 8 nitrogen and oxygen atoms in total. The van der Waals surface area contributed by atoms with Crippen molar-refractivity contribution in [3.8, 4) is 11.5 Å². The first-order valence-corrected chi connectivity index (χ1v) is 12.8. The van der Waals surface area contributed by atoms with E-state index < -0.39 is 11.9 Å². The van der Waals surface area contributed by atoms with E-state index in [-0.39, 0.29) is 16.8 Å². The topological polar surface area (TPSA) is 94.8 Å². The molecule has 0 N–H and O–H groups in total. The summed E-state index contributed by atoms with van der Waals surface area (Å²) < 4.78 is 17.7. The molecule has 0 unspecified atom stereocenters. The summed E-state index contributed by atoms with van der Waals surface area (Å²) in [5.74, 6) is 0.592. The molecule has 0 bridgehead atoms. The number of benzene rings is 3. The zero-order valence-electron chi connectivity index (χ0n) is 20.9. The van der Waals surface area contributed by atoms with Gasteiger partial charge in [0, 0.05) is 0 Å². The number of anilines is 1. The Morgan fingerprint density at radius 3 is 2.53 bits per heavy atom. The van der Waals surface area contributed by atoms with Gasteiger partial charge in [-0.05, 0) is 49.2 Å². The predicted molar refractivity (Wildman–Crippen MR) is 144 cm³/mol. The maximum Gasteiger partial charge on any atom is 0.297 e. The van der Waals surface area contributed by atoms with Crippen LogP contribution in [0.15, 0.2) is 75.9 Å². The van der Waals surface area contributed by atoms with Crippen LogP contribution in [-0.4, -0.2) is 23.2 Å². The van der Waals surface area contributed by atoms with Gasteiger partial charge in [0.25, 0.3) is 5.91 Å². The highest BCUT2D eigenvalue weighted by atomic mass is 32.1. The summed E-state index contributed by atoms with van der Waals surface area (Å²) in [4.78, 5) is 29.0. The molecule has 5 aromatic rings. The monoisotopic (exact) mass is 525 g/mol. The second kappa shape index (κ2) is 9.42. The van der Waals surface area contributed by atoms with Crippen LogP contribution in [0, 0.1) is 13.8 Å². The Bertz CT molecular complexity index is 1750. The van der Waals surface area contributed by atoms with E-state index in [1.165, 1.54) is 16.2 Å². The van der Waals surface area contributed by atoms with E-state index in [9.17, 15) is 9.59 Å². The number of aryl methyl sites for hydroxylation is 2. The molecule has 9 heteroatoms. The van der Waals surface area contributed by atoms with Crippen LogP contribution in [0.4, 0.5) is 5.13 Å². The van der Waals surface area contributed by atoms with Gasteiger partial charge in [-0.15, -0.1) is 10.2 Å². The Kier molecular flexibility index (Phi) is 5.92. The van der Waals surface area contributed by atoms with E-state index in [0.717, 1.165) is 11.1 Å². The van der Waals surface area contributed by atoms with Gasteiger partial charge in [-0.1, -0.05) is 59.4 Å². The van der Waals surface area contributed by atoms with Gasteiger partial charge < -0.3 is 13.9 Å². The molecule has 1 atom stereocenters. The lowest BCUT2D eigenvalue weighted by atomic mass is 9.98. The van der Waals surface area contributed by atoms with Gasteiger partial charge in [-0.2, -0.15) is 0 Å². The molecule has 38 heavy (non-hydrogen) atoms. The lowest BCUT2D eigenvalue weighted by molar-refractivity contribution is 0.0970. The largest absolute Gasteiger partial charge is 0.493 e. The number of nitrogens with zero attached hydrogens (tertiary/aromatic N) is 3. The van der Waals surface area contributed by atoms with Crippen LogP contribution >= 0.6 is 11.3 Å². The van der Waals surface area contributed by atoms with Gasteiger partial charge in [0.15, 0.2) is 16.9 Å². The van der Waals surface area contributed by atoms with Crippen LogP contribution in [0.2, 0.25) is 0 Å². The van der Waals surface area contributed by atoms with E-state index in [2.05, 4.69) is 10.2 Å². The Balaban J connectivity index is 1.49. The molecular formula is C29H23N3O5S. The fourth-order valence-corrected chi connectivity index (χ4v) is 5.41. The molecule has 0 spiro atoms. The van der Waals surface area contributed by atoms with Gasteiger partial charge in [0.2, 0.25) is 10.9 Å². The first-order valence-electron chi connectivity index (χ1n) is 12.0. The zero-order valence-corrected chi connectivity index (χ0v) is 21.7. The minimum Gasteiger partial charge on any atom is -0.493 e. The van der Waals surface area contributed by atoms with Gasteiger partial charge in [-0.3, -0.25) is 14.5 Å². The highest BCUT2D eigenvalue weighted by Crippen LogP contribution is 2.44. The summed E-state index contributed by atoms with van der Waals surface area (Å²) in [7, 11) is 1.55. The summed E-state index contributed by atoms with van der Waals surface area (Å²) in [5, 5.41) is 9.82. The van der Waals surface area contributed by atoms with E-state index in [4.69, 9.17) is 13.9 Å². The number of aromatic nitrogens is 2. The van der Waals surface area contributed by atoms with E-state index >= 15 is 0 Å². The molecule has 190 valence electrons. The molecular weight excluding hydrogens is 502 g/mol. The molecule has 3 heterocycles. The number of amides is 1. The highest BCUT2D eigenvalue weighted by molar-refractivity contribution is 7.15. The second-order valence-electron chi connectivity index (χ2n) is 9.04. The SMILES string of the molecule is COc1cc([C@H]2c3c(oc4ccc(C)cc4c3=O)C(=O)N2c2nnc(C)s2)ccc1OCc1ccccc1. The Morgan fingerprint density at radius 1 is 0.974 bits per heavy atom. The van der Waals surface area contributed by atoms with Crippen LogP contribution in [0.1, 0.15) is 43.9 Å². The average molecular weight is 526 g/mol. The maximum absolute atomic E-state index is 13.8. The van der Waals surface area contributed by atoms with Crippen LogP contribution in [0.3, 0.4) is 0 Å². The van der Waals surface area contributed by atoms with Crippen molar-refractivity contribution in [1.82, 2.24) is 10.2 Å². The highest BCUT2D eigenvalue weighted by Gasteiger charge is 2.45. The number of carbonyl (C=O) groups excluding carboxylic acids is 1. The van der Waals surface area contributed by atoms with Gasteiger partial charge in [0.1, 0.15) is 17.2 Å².